The number of aryl methyl sites for hydroxylation is 1. The summed E-state index contributed by atoms with van der Waals surface area (Å²) < 4.78 is 45.6. The van der Waals surface area contributed by atoms with E-state index in [1.165, 1.54) is 23.6 Å². The molecule has 0 aliphatic rings. The molecule has 26 heavy (non-hydrogen) atoms. The van der Waals surface area contributed by atoms with Crippen molar-refractivity contribution < 1.29 is 27.8 Å². The van der Waals surface area contributed by atoms with Gasteiger partial charge in [0.2, 0.25) is 0 Å². The fourth-order valence-corrected chi connectivity index (χ4v) is 2.83. The van der Waals surface area contributed by atoms with Crippen LogP contribution in [-0.2, 0) is 12.9 Å². The molecule has 0 radical (unpaired) electrons. The topological polar surface area (TPSA) is 90.1 Å². The van der Waals surface area contributed by atoms with Crippen molar-refractivity contribution in [3.8, 4) is 16.6 Å². The number of ether oxygens (including phenoxy) is 1. The van der Waals surface area contributed by atoms with Crippen LogP contribution in [0.25, 0.3) is 10.6 Å². The number of thiophene rings is 1. The van der Waals surface area contributed by atoms with Gasteiger partial charge in [-0.05, 0) is 31.2 Å². The van der Waals surface area contributed by atoms with Gasteiger partial charge in [-0.15, -0.1) is 11.3 Å². The molecule has 0 bridgehead atoms. The third-order valence-corrected chi connectivity index (χ3v) is 4.20. The molecule has 0 unspecified atom stereocenters. The Kier molecular flexibility index (Phi) is 4.64. The SMILES string of the molecule is Cc1ccc(-c2cc(C(F)(F)F)nc(OCn3ccc(C(=O)O)n3)n2)s1. The molecule has 0 saturated carbocycles. The van der Waals surface area contributed by atoms with Crippen LogP contribution in [-0.4, -0.2) is 30.8 Å². The number of carbonyl (C=O) groups is 1. The van der Waals surface area contributed by atoms with Gasteiger partial charge in [0.05, 0.1) is 10.6 Å². The summed E-state index contributed by atoms with van der Waals surface area (Å²) in [7, 11) is 0. The third-order valence-electron chi connectivity index (χ3n) is 3.17. The zero-order chi connectivity index (χ0) is 18.9. The van der Waals surface area contributed by atoms with Gasteiger partial charge >= 0.3 is 18.2 Å². The van der Waals surface area contributed by atoms with E-state index in [0.717, 1.165) is 15.6 Å². The monoisotopic (exact) mass is 384 g/mol. The average Bonchev–Trinajstić information content (AvgIpc) is 3.21. The van der Waals surface area contributed by atoms with Crippen LogP contribution in [0.5, 0.6) is 6.01 Å². The summed E-state index contributed by atoms with van der Waals surface area (Å²) in [4.78, 5) is 19.6. The molecule has 0 saturated heterocycles. The molecule has 0 atom stereocenters. The third kappa shape index (κ3) is 3.99. The Balaban J connectivity index is 1.88. The van der Waals surface area contributed by atoms with Crippen molar-refractivity contribution in [2.75, 3.05) is 0 Å². The fourth-order valence-electron chi connectivity index (χ4n) is 2.00. The van der Waals surface area contributed by atoms with Crippen LogP contribution in [0.2, 0.25) is 0 Å². The lowest BCUT2D eigenvalue weighted by Crippen LogP contribution is -2.13. The number of hydrogen-bond donors (Lipinski definition) is 1. The van der Waals surface area contributed by atoms with Crippen molar-refractivity contribution in [1.82, 2.24) is 19.7 Å². The number of halogens is 3. The van der Waals surface area contributed by atoms with Crippen molar-refractivity contribution in [3.63, 3.8) is 0 Å². The number of carboxylic acids is 1. The molecule has 3 aromatic heterocycles. The lowest BCUT2D eigenvalue weighted by Gasteiger charge is -2.10. The van der Waals surface area contributed by atoms with Crippen LogP contribution in [0, 0.1) is 6.92 Å². The minimum absolute atomic E-state index is 0.0899. The number of hydrogen-bond acceptors (Lipinski definition) is 6. The smallest absolute Gasteiger partial charge is 0.433 e. The molecule has 1 N–H and O–H groups in total. The van der Waals surface area contributed by atoms with Gasteiger partial charge in [0.25, 0.3) is 0 Å². The zero-order valence-electron chi connectivity index (χ0n) is 13.2. The Morgan fingerprint density at radius 2 is 2.08 bits per heavy atom. The number of rotatable bonds is 5. The largest absolute Gasteiger partial charge is 0.476 e. The van der Waals surface area contributed by atoms with E-state index < -0.39 is 23.8 Å². The average molecular weight is 384 g/mol. The highest BCUT2D eigenvalue weighted by molar-refractivity contribution is 7.15. The molecule has 3 rings (SSSR count). The van der Waals surface area contributed by atoms with E-state index in [-0.39, 0.29) is 18.1 Å². The van der Waals surface area contributed by atoms with Crippen molar-refractivity contribution in [1.29, 1.82) is 0 Å². The molecule has 0 amide bonds. The van der Waals surface area contributed by atoms with Gasteiger partial charge in [0.1, 0.15) is 0 Å². The van der Waals surface area contributed by atoms with Gasteiger partial charge < -0.3 is 9.84 Å². The second-order valence-corrected chi connectivity index (χ2v) is 6.44. The molecule has 0 aliphatic carbocycles. The second kappa shape index (κ2) is 6.75. The van der Waals surface area contributed by atoms with Gasteiger partial charge in [0, 0.05) is 11.1 Å². The molecule has 11 heteroatoms. The van der Waals surface area contributed by atoms with Crippen LogP contribution in [0.15, 0.2) is 30.5 Å². The molecular formula is C15H11F3N4O3S. The number of aromatic carboxylic acids is 1. The van der Waals surface area contributed by atoms with Crippen molar-refractivity contribution in [2.24, 2.45) is 0 Å². The van der Waals surface area contributed by atoms with E-state index >= 15 is 0 Å². The molecule has 136 valence electrons. The first-order valence-corrected chi connectivity index (χ1v) is 7.96. The minimum Gasteiger partial charge on any atom is -0.476 e. The van der Waals surface area contributed by atoms with E-state index in [9.17, 15) is 18.0 Å². The molecule has 7 nitrogen and oxygen atoms in total. The maximum Gasteiger partial charge on any atom is 0.433 e. The number of alkyl halides is 3. The van der Waals surface area contributed by atoms with Crippen molar-refractivity contribution >= 4 is 17.3 Å². The zero-order valence-corrected chi connectivity index (χ0v) is 14.0. The number of aromatic nitrogens is 4. The Morgan fingerprint density at radius 3 is 2.65 bits per heavy atom. The van der Waals surface area contributed by atoms with E-state index in [1.807, 2.05) is 6.92 Å². The highest BCUT2D eigenvalue weighted by atomic mass is 32.1. The van der Waals surface area contributed by atoms with Gasteiger partial charge in [-0.2, -0.15) is 28.2 Å². The second-order valence-electron chi connectivity index (χ2n) is 5.15. The standard InChI is InChI=1S/C15H11F3N4O3S/c1-8-2-3-11(26-8)10-6-12(15(16,17)18)20-14(19-10)25-7-22-5-4-9(21-22)13(23)24/h2-6H,7H2,1H3,(H,23,24). The summed E-state index contributed by atoms with van der Waals surface area (Å²) in [6.07, 6.45) is -3.34. The first-order valence-electron chi connectivity index (χ1n) is 7.15. The van der Waals surface area contributed by atoms with Crippen molar-refractivity contribution in [2.45, 2.75) is 19.8 Å². The highest BCUT2D eigenvalue weighted by Crippen LogP contribution is 2.33. The minimum atomic E-state index is -4.66. The van der Waals surface area contributed by atoms with Crippen LogP contribution in [0.3, 0.4) is 0 Å². The summed E-state index contributed by atoms with van der Waals surface area (Å²) in [6.45, 7) is 1.49. The maximum absolute atomic E-state index is 13.1. The summed E-state index contributed by atoms with van der Waals surface area (Å²) in [5, 5.41) is 12.5. The lowest BCUT2D eigenvalue weighted by molar-refractivity contribution is -0.141. The molecule has 0 aliphatic heterocycles. The molecular weight excluding hydrogens is 373 g/mol. The van der Waals surface area contributed by atoms with E-state index in [0.29, 0.717) is 4.88 Å². The Labute approximate surface area is 148 Å². The maximum atomic E-state index is 13.1. The normalized spacial score (nSPS) is 11.5. The quantitative estimate of drug-likeness (QED) is 0.725. The van der Waals surface area contributed by atoms with Gasteiger partial charge in [-0.25, -0.2) is 9.48 Å². The van der Waals surface area contributed by atoms with Crippen LogP contribution in [0.1, 0.15) is 21.1 Å². The first kappa shape index (κ1) is 17.9. The fraction of sp³-hybridized carbons (Fsp3) is 0.200. The molecule has 3 aromatic rings. The number of carboxylic acid groups (broad SMARTS) is 1. The Bertz CT molecular complexity index is 952. The van der Waals surface area contributed by atoms with Crippen LogP contribution < -0.4 is 4.74 Å². The Morgan fingerprint density at radius 1 is 1.31 bits per heavy atom. The summed E-state index contributed by atoms with van der Waals surface area (Å²) in [5.74, 6) is -1.23. The number of nitrogens with zero attached hydrogens (tertiary/aromatic N) is 4. The first-order chi connectivity index (χ1) is 12.2. The van der Waals surface area contributed by atoms with Gasteiger partial charge in [-0.1, -0.05) is 0 Å². The lowest BCUT2D eigenvalue weighted by atomic mass is 10.3. The Hall–Kier alpha value is -2.95. The molecule has 0 fully saturated rings. The van der Waals surface area contributed by atoms with E-state index in [1.54, 1.807) is 12.1 Å². The van der Waals surface area contributed by atoms with Crippen LogP contribution >= 0.6 is 11.3 Å². The van der Waals surface area contributed by atoms with E-state index in [2.05, 4.69) is 15.1 Å². The summed E-state index contributed by atoms with van der Waals surface area (Å²) >= 11 is 1.29. The molecule has 3 heterocycles. The predicted molar refractivity (Wildman–Crippen MR) is 84.9 cm³/mol. The summed E-state index contributed by atoms with van der Waals surface area (Å²) in [5.41, 5.74) is -1.25. The van der Waals surface area contributed by atoms with Crippen LogP contribution in [0.4, 0.5) is 13.2 Å². The molecule has 0 aromatic carbocycles. The highest BCUT2D eigenvalue weighted by Gasteiger charge is 2.34. The molecule has 0 spiro atoms. The van der Waals surface area contributed by atoms with Crippen molar-refractivity contribution in [3.05, 3.63) is 46.7 Å². The predicted octanol–water partition coefficient (Wildman–Crippen LogP) is 3.46. The van der Waals surface area contributed by atoms with Gasteiger partial charge in [0.15, 0.2) is 18.1 Å². The summed E-state index contributed by atoms with van der Waals surface area (Å²) in [6, 6.07) is 5.05. The van der Waals surface area contributed by atoms with E-state index in [4.69, 9.17) is 9.84 Å². The van der Waals surface area contributed by atoms with Gasteiger partial charge in [-0.3, -0.25) is 0 Å².